The van der Waals surface area contributed by atoms with Crippen LogP contribution >= 0.6 is 27.7 Å². The van der Waals surface area contributed by atoms with Crippen LogP contribution in [0, 0.1) is 0 Å². The molecule has 2 aromatic carbocycles. The average Bonchev–Trinajstić information content (AvgIpc) is 2.45. The van der Waals surface area contributed by atoms with Crippen LogP contribution in [0.4, 0.5) is 13.2 Å². The summed E-state index contributed by atoms with van der Waals surface area (Å²) in [4.78, 5) is 12.0. The first-order valence-electron chi connectivity index (χ1n) is 6.22. The number of carbonyl (C=O) groups excluding carboxylic acids is 1. The summed E-state index contributed by atoms with van der Waals surface area (Å²) >= 11 is 3.12. The van der Waals surface area contributed by atoms with E-state index in [0.717, 1.165) is 10.0 Å². The van der Waals surface area contributed by atoms with Gasteiger partial charge in [0.2, 0.25) is 0 Å². The van der Waals surface area contributed by atoms with E-state index in [-0.39, 0.29) is 29.1 Å². The van der Waals surface area contributed by atoms with Crippen molar-refractivity contribution in [1.29, 1.82) is 0 Å². The summed E-state index contributed by atoms with van der Waals surface area (Å²) in [5.74, 6) is -0.235. The summed E-state index contributed by atoms with van der Waals surface area (Å²) in [6.07, 6.45) is 0. The monoisotopic (exact) mass is 389 g/mol. The van der Waals surface area contributed by atoms with Crippen LogP contribution in [0.3, 0.4) is 0 Å². The molecule has 0 aliphatic rings. The molecule has 0 saturated heterocycles. The molecule has 0 saturated carbocycles. The van der Waals surface area contributed by atoms with Crippen LogP contribution < -0.4 is 5.32 Å². The highest BCUT2D eigenvalue weighted by molar-refractivity contribution is 9.10. The Hall–Kier alpha value is -1.47. The van der Waals surface area contributed by atoms with E-state index >= 15 is 0 Å². The third-order valence-corrected chi connectivity index (χ3v) is 3.98. The Bertz CT molecular complexity index is 641. The first kappa shape index (κ1) is 16.9. The maximum absolute atomic E-state index is 12.2. The van der Waals surface area contributed by atoms with Crippen LogP contribution in [0.15, 0.2) is 57.9 Å². The fourth-order valence-corrected chi connectivity index (χ4v) is 2.50. The summed E-state index contributed by atoms with van der Waals surface area (Å²) < 4.78 is 37.5. The molecule has 0 spiro atoms. The number of hydrogen-bond acceptors (Lipinski definition) is 2. The lowest BCUT2D eigenvalue weighted by molar-refractivity contribution is -0.0328. The number of alkyl halides is 3. The fraction of sp³-hybridized carbons (Fsp3) is 0.133. The Morgan fingerprint density at radius 1 is 1.05 bits per heavy atom. The van der Waals surface area contributed by atoms with Gasteiger partial charge in [-0.2, -0.15) is 13.2 Å². The molecule has 0 aromatic heterocycles. The lowest BCUT2D eigenvalue weighted by Crippen LogP contribution is -2.22. The van der Waals surface area contributed by atoms with Gasteiger partial charge >= 0.3 is 5.51 Å². The van der Waals surface area contributed by atoms with Crippen LogP contribution in [0.25, 0.3) is 0 Å². The second-order valence-corrected chi connectivity index (χ2v) is 6.44. The Morgan fingerprint density at radius 2 is 1.64 bits per heavy atom. The summed E-state index contributed by atoms with van der Waals surface area (Å²) in [5.41, 5.74) is -3.04. The maximum atomic E-state index is 12.2. The molecular formula is C15H11BrF3NOS. The summed E-state index contributed by atoms with van der Waals surface area (Å²) in [6.45, 7) is 0.256. The number of nitrogens with one attached hydrogen (secondary N) is 1. The maximum Gasteiger partial charge on any atom is 0.446 e. The van der Waals surface area contributed by atoms with Gasteiger partial charge in [0.1, 0.15) is 0 Å². The summed E-state index contributed by atoms with van der Waals surface area (Å²) in [7, 11) is 0. The molecule has 1 N–H and O–H groups in total. The van der Waals surface area contributed by atoms with Crippen molar-refractivity contribution in [1.82, 2.24) is 5.32 Å². The van der Waals surface area contributed by atoms with Gasteiger partial charge < -0.3 is 5.32 Å². The van der Waals surface area contributed by atoms with Crippen LogP contribution in [0.5, 0.6) is 0 Å². The number of benzene rings is 2. The second-order valence-electron chi connectivity index (χ2n) is 4.38. The summed E-state index contributed by atoms with van der Waals surface area (Å²) in [5, 5.41) is 2.72. The summed E-state index contributed by atoms with van der Waals surface area (Å²) in [6, 6.07) is 12.8. The predicted molar refractivity (Wildman–Crippen MR) is 83.7 cm³/mol. The minimum absolute atomic E-state index is 0.121. The van der Waals surface area contributed by atoms with E-state index in [2.05, 4.69) is 21.2 Å². The highest BCUT2D eigenvalue weighted by Gasteiger charge is 2.28. The smallest absolute Gasteiger partial charge is 0.348 e. The first-order valence-corrected chi connectivity index (χ1v) is 7.83. The van der Waals surface area contributed by atoms with Crippen LogP contribution in [-0.4, -0.2) is 11.4 Å². The van der Waals surface area contributed by atoms with Gasteiger partial charge in [-0.25, -0.2) is 0 Å². The Morgan fingerprint density at radius 3 is 2.18 bits per heavy atom. The van der Waals surface area contributed by atoms with Crippen LogP contribution in [0.1, 0.15) is 15.9 Å². The van der Waals surface area contributed by atoms with Gasteiger partial charge in [-0.05, 0) is 53.7 Å². The highest BCUT2D eigenvalue weighted by Crippen LogP contribution is 2.36. The van der Waals surface area contributed by atoms with Crippen molar-refractivity contribution in [2.24, 2.45) is 0 Å². The quantitative estimate of drug-likeness (QED) is 0.746. The number of halogens is 4. The van der Waals surface area contributed by atoms with Gasteiger partial charge in [-0.3, -0.25) is 4.79 Å². The van der Waals surface area contributed by atoms with Crippen LogP contribution in [0.2, 0.25) is 0 Å². The van der Waals surface area contributed by atoms with E-state index in [0.29, 0.717) is 5.56 Å². The zero-order valence-electron chi connectivity index (χ0n) is 11.2. The average molecular weight is 390 g/mol. The molecule has 2 nitrogen and oxygen atoms in total. The minimum Gasteiger partial charge on any atom is -0.348 e. The largest absolute Gasteiger partial charge is 0.446 e. The van der Waals surface area contributed by atoms with E-state index in [1.807, 2.05) is 0 Å². The number of thioether (sulfide) groups is 1. The number of hydrogen-bond donors (Lipinski definition) is 1. The molecule has 0 radical (unpaired) electrons. The Kier molecular flexibility index (Phi) is 5.52. The Labute approximate surface area is 138 Å². The molecule has 0 fully saturated rings. The van der Waals surface area contributed by atoms with Crippen molar-refractivity contribution in [3.8, 4) is 0 Å². The molecule has 2 rings (SSSR count). The topological polar surface area (TPSA) is 29.1 Å². The molecular weight excluding hydrogens is 379 g/mol. The molecule has 0 aliphatic carbocycles. The number of rotatable bonds is 4. The number of amides is 1. The minimum atomic E-state index is -4.29. The van der Waals surface area contributed by atoms with Crippen molar-refractivity contribution >= 4 is 33.6 Å². The van der Waals surface area contributed by atoms with Crippen molar-refractivity contribution in [2.45, 2.75) is 16.9 Å². The SMILES string of the molecule is O=C(NCc1ccc(SC(F)(F)F)cc1)c1ccc(Br)cc1. The van der Waals surface area contributed by atoms with E-state index < -0.39 is 5.51 Å². The predicted octanol–water partition coefficient (Wildman–Crippen LogP) is 4.99. The lowest BCUT2D eigenvalue weighted by atomic mass is 10.2. The third kappa shape index (κ3) is 5.38. The van der Waals surface area contributed by atoms with Crippen molar-refractivity contribution < 1.29 is 18.0 Å². The molecule has 7 heteroatoms. The molecule has 2 aromatic rings. The lowest BCUT2D eigenvalue weighted by Gasteiger charge is -2.08. The van der Waals surface area contributed by atoms with E-state index in [1.165, 1.54) is 12.1 Å². The molecule has 22 heavy (non-hydrogen) atoms. The molecule has 0 unspecified atom stereocenters. The first-order chi connectivity index (χ1) is 10.3. The van der Waals surface area contributed by atoms with Gasteiger partial charge in [-0.1, -0.05) is 28.1 Å². The highest BCUT2D eigenvalue weighted by atomic mass is 79.9. The zero-order valence-corrected chi connectivity index (χ0v) is 13.6. The van der Waals surface area contributed by atoms with Crippen molar-refractivity contribution in [3.63, 3.8) is 0 Å². The van der Waals surface area contributed by atoms with E-state index in [9.17, 15) is 18.0 Å². The van der Waals surface area contributed by atoms with E-state index in [4.69, 9.17) is 0 Å². The number of carbonyl (C=O) groups is 1. The molecule has 0 aliphatic heterocycles. The van der Waals surface area contributed by atoms with Crippen molar-refractivity contribution in [2.75, 3.05) is 0 Å². The normalized spacial score (nSPS) is 11.3. The van der Waals surface area contributed by atoms with Gasteiger partial charge in [-0.15, -0.1) is 0 Å². The molecule has 0 bridgehead atoms. The van der Waals surface area contributed by atoms with Gasteiger partial charge in [0, 0.05) is 21.5 Å². The third-order valence-electron chi connectivity index (χ3n) is 2.72. The standard InChI is InChI=1S/C15H11BrF3NOS/c16-12-5-3-11(4-6-12)14(21)20-9-10-1-7-13(8-2-10)22-15(17,18)19/h1-8H,9H2,(H,20,21). The fourth-order valence-electron chi connectivity index (χ4n) is 1.69. The van der Waals surface area contributed by atoms with Crippen LogP contribution in [-0.2, 0) is 6.54 Å². The molecule has 1 amide bonds. The molecule has 0 atom stereocenters. The molecule has 116 valence electrons. The van der Waals surface area contributed by atoms with Gasteiger partial charge in [0.05, 0.1) is 0 Å². The zero-order chi connectivity index (χ0) is 16.2. The van der Waals surface area contributed by atoms with Crippen molar-refractivity contribution in [3.05, 3.63) is 64.1 Å². The van der Waals surface area contributed by atoms with Gasteiger partial charge in [0.25, 0.3) is 5.91 Å². The van der Waals surface area contributed by atoms with E-state index in [1.54, 1.807) is 36.4 Å². The molecule has 0 heterocycles. The second kappa shape index (κ2) is 7.19. The van der Waals surface area contributed by atoms with Gasteiger partial charge in [0.15, 0.2) is 0 Å². The Balaban J connectivity index is 1.91.